The van der Waals surface area contributed by atoms with Gasteiger partial charge in [0.2, 0.25) is 0 Å². The molecule has 2 aliphatic rings. The molecule has 0 aromatic carbocycles. The average molecular weight is 275 g/mol. The standard InChI is InChI=1S/C10H26N4OSi2/c1-5-13-10(3)14-9(2)12(4)17(13,14)15-16-8-6-7-11/h9-10H,5-8,11,16H2,1-4H3. The summed E-state index contributed by atoms with van der Waals surface area (Å²) in [6, 6.07) is 1.22. The minimum atomic E-state index is -1.81. The predicted molar refractivity (Wildman–Crippen MR) is 74.8 cm³/mol. The number of hydrogen-bond donors (Lipinski definition) is 1. The van der Waals surface area contributed by atoms with Gasteiger partial charge in [0.25, 0.3) is 0 Å². The Kier molecular flexibility index (Phi) is 4.08. The molecule has 100 valence electrons. The van der Waals surface area contributed by atoms with Crippen molar-refractivity contribution >= 4 is 18.6 Å². The number of nitrogens with zero attached hydrogens (tertiary/aromatic N) is 3. The van der Waals surface area contributed by atoms with E-state index in [9.17, 15) is 0 Å². The third-order valence-electron chi connectivity index (χ3n) is 4.22. The lowest BCUT2D eigenvalue weighted by Crippen LogP contribution is -3.01. The lowest BCUT2D eigenvalue weighted by atomic mass is 10.4. The molecular formula is C10H26N4OSi2. The molecule has 0 saturated carbocycles. The van der Waals surface area contributed by atoms with Crippen molar-refractivity contribution in [3.8, 4) is 0 Å². The summed E-state index contributed by atoms with van der Waals surface area (Å²) in [5.41, 5.74) is 5.54. The van der Waals surface area contributed by atoms with Crippen LogP contribution in [-0.2, 0) is 4.12 Å². The molecule has 0 radical (unpaired) electrons. The van der Waals surface area contributed by atoms with E-state index in [2.05, 4.69) is 41.5 Å². The maximum Gasteiger partial charge on any atom is 0.442 e. The van der Waals surface area contributed by atoms with Crippen molar-refractivity contribution in [1.29, 1.82) is 0 Å². The maximum atomic E-state index is 6.42. The van der Waals surface area contributed by atoms with Gasteiger partial charge >= 0.3 is 8.80 Å². The van der Waals surface area contributed by atoms with E-state index < -0.39 is 18.6 Å². The van der Waals surface area contributed by atoms with Crippen LogP contribution < -0.4 is 5.73 Å². The Morgan fingerprint density at radius 1 is 1.35 bits per heavy atom. The zero-order chi connectivity index (χ0) is 12.6. The van der Waals surface area contributed by atoms with Crippen LogP contribution >= 0.6 is 0 Å². The zero-order valence-corrected chi connectivity index (χ0v) is 13.9. The van der Waals surface area contributed by atoms with Gasteiger partial charge in [0.15, 0.2) is 9.76 Å². The first-order chi connectivity index (χ1) is 8.11. The summed E-state index contributed by atoms with van der Waals surface area (Å²) in [5.74, 6) is 0. The van der Waals surface area contributed by atoms with E-state index >= 15 is 0 Å². The predicted octanol–water partition coefficient (Wildman–Crippen LogP) is -0.436. The van der Waals surface area contributed by atoms with Crippen molar-refractivity contribution in [2.45, 2.75) is 45.6 Å². The van der Waals surface area contributed by atoms with Crippen LogP contribution in [0.15, 0.2) is 0 Å². The molecule has 0 aromatic rings. The molecule has 7 heteroatoms. The lowest BCUT2D eigenvalue weighted by Gasteiger charge is -2.75. The van der Waals surface area contributed by atoms with Crippen LogP contribution in [0.5, 0.6) is 0 Å². The smallest absolute Gasteiger partial charge is 0.427 e. The van der Waals surface area contributed by atoms with Crippen molar-refractivity contribution in [3.05, 3.63) is 0 Å². The molecule has 2 N–H and O–H groups in total. The molecule has 0 bridgehead atoms. The van der Waals surface area contributed by atoms with Crippen molar-refractivity contribution < 1.29 is 4.12 Å². The Morgan fingerprint density at radius 2 is 2.06 bits per heavy atom. The Bertz CT molecular complexity index is 275. The fourth-order valence-electron chi connectivity index (χ4n) is 3.23. The molecular weight excluding hydrogens is 248 g/mol. The number of rotatable bonds is 6. The van der Waals surface area contributed by atoms with Crippen molar-refractivity contribution in [3.63, 3.8) is 0 Å². The topological polar surface area (TPSA) is 45.0 Å². The molecule has 2 rings (SSSR count). The molecule has 0 aromatic heterocycles. The molecule has 2 fully saturated rings. The van der Waals surface area contributed by atoms with Gasteiger partial charge < -0.3 is 9.85 Å². The molecule has 3 unspecified atom stereocenters. The SMILES string of the molecule is CCN1C(C)N2C(C)N(C)[Si]12O[SiH2]CCCN. The van der Waals surface area contributed by atoms with Gasteiger partial charge in [-0.2, -0.15) is 0 Å². The molecule has 17 heavy (non-hydrogen) atoms. The summed E-state index contributed by atoms with van der Waals surface area (Å²) in [6.07, 6.45) is 2.25. The number of hydrogen-bond acceptors (Lipinski definition) is 5. The minimum absolute atomic E-state index is 0.406. The molecule has 0 aliphatic carbocycles. The summed E-state index contributed by atoms with van der Waals surface area (Å²) >= 11 is 0. The first kappa shape index (κ1) is 13.7. The average Bonchev–Trinajstić information content (AvgIpc) is 2.32. The molecule has 2 heterocycles. The van der Waals surface area contributed by atoms with Crippen LogP contribution in [0.25, 0.3) is 0 Å². The maximum absolute atomic E-state index is 6.42. The van der Waals surface area contributed by atoms with E-state index in [0.717, 1.165) is 19.5 Å². The quantitative estimate of drug-likeness (QED) is 0.526. The van der Waals surface area contributed by atoms with Gasteiger partial charge in [-0.25, -0.2) is 4.57 Å². The summed E-state index contributed by atoms with van der Waals surface area (Å²) < 4.78 is 14.1. The fourth-order valence-corrected chi connectivity index (χ4v) is 11.1. The van der Waals surface area contributed by atoms with Crippen LogP contribution in [0.1, 0.15) is 27.2 Å². The minimum Gasteiger partial charge on any atom is -0.427 e. The van der Waals surface area contributed by atoms with Gasteiger partial charge in [0.1, 0.15) is 0 Å². The first-order valence-corrected chi connectivity index (χ1v) is 10.1. The molecule has 3 atom stereocenters. The Morgan fingerprint density at radius 3 is 2.65 bits per heavy atom. The van der Waals surface area contributed by atoms with Crippen LogP contribution in [0.2, 0.25) is 6.04 Å². The monoisotopic (exact) mass is 274 g/mol. The van der Waals surface area contributed by atoms with Gasteiger partial charge in [0.05, 0.1) is 12.3 Å². The van der Waals surface area contributed by atoms with E-state index in [1.54, 1.807) is 0 Å². The summed E-state index contributed by atoms with van der Waals surface area (Å²) in [7, 11) is 0.00820. The van der Waals surface area contributed by atoms with E-state index in [-0.39, 0.29) is 0 Å². The second kappa shape index (κ2) is 5.08. The van der Waals surface area contributed by atoms with Crippen LogP contribution in [-0.4, -0.2) is 64.7 Å². The second-order valence-electron chi connectivity index (χ2n) is 4.99. The number of fused-ring (bicyclic) bond motifs is 1. The van der Waals surface area contributed by atoms with Crippen LogP contribution in [0.4, 0.5) is 0 Å². The van der Waals surface area contributed by atoms with Crippen LogP contribution in [0, 0.1) is 0 Å². The van der Waals surface area contributed by atoms with E-state index in [1.807, 2.05) is 0 Å². The summed E-state index contributed by atoms with van der Waals surface area (Å²) in [6.45, 7) is 8.72. The summed E-state index contributed by atoms with van der Waals surface area (Å²) in [4.78, 5) is 0. The molecule has 5 nitrogen and oxygen atoms in total. The van der Waals surface area contributed by atoms with Gasteiger partial charge in [0, 0.05) is 0 Å². The van der Waals surface area contributed by atoms with Gasteiger partial charge in [-0.1, -0.05) is 6.92 Å². The van der Waals surface area contributed by atoms with E-state index in [1.165, 1.54) is 6.04 Å². The molecule has 2 saturated heterocycles. The third kappa shape index (κ3) is 1.76. The molecule has 0 spiro atoms. The highest BCUT2D eigenvalue weighted by molar-refractivity contribution is 6.74. The molecule has 2 aliphatic heterocycles. The zero-order valence-electron chi connectivity index (χ0n) is 11.5. The highest BCUT2D eigenvalue weighted by atomic mass is 28.4. The number of nitrogens with two attached hydrogens (primary N) is 1. The van der Waals surface area contributed by atoms with E-state index in [0.29, 0.717) is 12.3 Å². The second-order valence-corrected chi connectivity index (χ2v) is 10.2. The first-order valence-electron chi connectivity index (χ1n) is 6.73. The van der Waals surface area contributed by atoms with Gasteiger partial charge in [-0.3, -0.25) is 9.13 Å². The highest BCUT2D eigenvalue weighted by Gasteiger charge is 2.74. The normalized spacial score (nSPS) is 39.4. The van der Waals surface area contributed by atoms with Crippen molar-refractivity contribution in [1.82, 2.24) is 13.7 Å². The Balaban J connectivity index is 1.95. The van der Waals surface area contributed by atoms with Crippen LogP contribution in [0.3, 0.4) is 0 Å². The molecule has 0 amide bonds. The summed E-state index contributed by atoms with van der Waals surface area (Å²) in [5, 5.41) is 0. The Hall–Kier alpha value is 0.234. The van der Waals surface area contributed by atoms with Gasteiger partial charge in [-0.05, 0) is 46.4 Å². The Labute approximate surface area is 108 Å². The lowest BCUT2D eigenvalue weighted by molar-refractivity contribution is -0.123. The fraction of sp³-hybridized carbons (Fsp3) is 1.00. The highest BCUT2D eigenvalue weighted by Crippen LogP contribution is 2.46. The van der Waals surface area contributed by atoms with Gasteiger partial charge in [-0.15, -0.1) is 0 Å². The van der Waals surface area contributed by atoms with Crippen molar-refractivity contribution in [2.75, 3.05) is 20.1 Å². The van der Waals surface area contributed by atoms with E-state index in [4.69, 9.17) is 9.85 Å². The van der Waals surface area contributed by atoms with Crippen molar-refractivity contribution in [2.24, 2.45) is 5.73 Å². The largest absolute Gasteiger partial charge is 0.442 e. The third-order valence-corrected chi connectivity index (χ3v) is 11.5.